The monoisotopic (exact) mass is 329 g/mol. The second-order valence-corrected chi connectivity index (χ2v) is 6.11. The molecule has 124 valence electrons. The number of fused-ring (bicyclic) bond motifs is 1. The molecule has 1 aromatic carbocycles. The number of carbonyl (C=O) groups is 2. The topological polar surface area (TPSA) is 121 Å². The number of rotatable bonds is 2. The highest BCUT2D eigenvalue weighted by Crippen LogP contribution is 2.33. The van der Waals surface area contributed by atoms with Crippen LogP contribution in [0.3, 0.4) is 0 Å². The van der Waals surface area contributed by atoms with Crippen LogP contribution in [-0.2, 0) is 0 Å². The zero-order chi connectivity index (χ0) is 17.5. The summed E-state index contributed by atoms with van der Waals surface area (Å²) >= 11 is 0. The zero-order valence-electron chi connectivity index (χ0n) is 13.1. The molecule has 8 heteroatoms. The average molecular weight is 329 g/mol. The number of H-pyrrole nitrogens is 2. The summed E-state index contributed by atoms with van der Waals surface area (Å²) in [5.74, 6) is -0.263. The lowest BCUT2D eigenvalue weighted by Crippen LogP contribution is -2.36. The minimum atomic E-state index is -0.716. The molecule has 1 aliphatic rings. The van der Waals surface area contributed by atoms with Gasteiger partial charge in [0.15, 0.2) is 5.78 Å². The highest BCUT2D eigenvalue weighted by atomic mass is 16.5. The summed E-state index contributed by atoms with van der Waals surface area (Å²) < 4.78 is 5.73. The lowest BCUT2D eigenvalue weighted by Gasteiger charge is -2.31. The Morgan fingerprint density at radius 1 is 1.25 bits per heavy atom. The Morgan fingerprint density at radius 3 is 2.71 bits per heavy atom. The molecule has 8 nitrogen and oxygen atoms in total. The van der Waals surface area contributed by atoms with Gasteiger partial charge >= 0.3 is 5.69 Å². The van der Waals surface area contributed by atoms with E-state index in [4.69, 9.17) is 4.74 Å². The molecule has 0 atom stereocenters. The number of aromatic amines is 2. The van der Waals surface area contributed by atoms with Gasteiger partial charge in [-0.15, -0.1) is 0 Å². The number of ether oxygens (including phenoxy) is 1. The normalized spacial score (nSPS) is 15.3. The summed E-state index contributed by atoms with van der Waals surface area (Å²) in [6.07, 6.45) is 1.32. The van der Waals surface area contributed by atoms with E-state index < -0.39 is 22.8 Å². The maximum absolute atomic E-state index is 12.3. The van der Waals surface area contributed by atoms with Gasteiger partial charge in [-0.05, 0) is 32.0 Å². The Hall–Kier alpha value is -3.16. The van der Waals surface area contributed by atoms with Crippen molar-refractivity contribution in [3.8, 4) is 5.75 Å². The van der Waals surface area contributed by atoms with Crippen molar-refractivity contribution in [1.29, 1.82) is 0 Å². The van der Waals surface area contributed by atoms with Crippen molar-refractivity contribution in [3.63, 3.8) is 0 Å². The lowest BCUT2D eigenvalue weighted by molar-refractivity contribution is 0.0620. The van der Waals surface area contributed by atoms with Crippen LogP contribution in [0, 0.1) is 0 Å². The number of ketones is 1. The summed E-state index contributed by atoms with van der Waals surface area (Å²) in [6.45, 7) is 3.63. The van der Waals surface area contributed by atoms with E-state index in [1.165, 1.54) is 12.1 Å². The third kappa shape index (κ3) is 2.98. The third-order valence-electron chi connectivity index (χ3n) is 3.58. The molecule has 2 heterocycles. The summed E-state index contributed by atoms with van der Waals surface area (Å²) in [6, 6.07) is 4.49. The number of carbonyl (C=O) groups excluding carboxylic acids is 2. The molecule has 3 rings (SSSR count). The van der Waals surface area contributed by atoms with Gasteiger partial charge in [-0.25, -0.2) is 4.79 Å². The summed E-state index contributed by atoms with van der Waals surface area (Å²) in [5.41, 5.74) is -1.53. The Labute approximate surface area is 135 Å². The molecular formula is C16H15N3O5. The zero-order valence-corrected chi connectivity index (χ0v) is 13.1. The highest BCUT2D eigenvalue weighted by molar-refractivity contribution is 6.07. The number of Topliss-reactive ketones (excluding diaryl/α,β-unsaturated/α-hetero) is 1. The summed E-state index contributed by atoms with van der Waals surface area (Å²) in [7, 11) is 0. The van der Waals surface area contributed by atoms with Crippen molar-refractivity contribution in [3.05, 3.63) is 56.4 Å². The van der Waals surface area contributed by atoms with Crippen molar-refractivity contribution >= 4 is 17.4 Å². The molecule has 0 radical (unpaired) electrons. The number of anilines is 1. The Bertz CT molecular complexity index is 955. The standard InChI is InChI=1S/C16H15N3O5/c1-16(2)6-11(20)9-5-8(3-4-12(9)24-16)13(21)18-10-7-17-15(23)19-14(10)22/h3-5,7H,6H2,1-2H3,(H,18,21)(H2,17,19,22,23). The first kappa shape index (κ1) is 15.7. The van der Waals surface area contributed by atoms with Crippen molar-refractivity contribution in [2.24, 2.45) is 0 Å². The van der Waals surface area contributed by atoms with E-state index in [1.54, 1.807) is 6.07 Å². The van der Waals surface area contributed by atoms with Crippen LogP contribution in [0.1, 0.15) is 41.0 Å². The highest BCUT2D eigenvalue weighted by Gasteiger charge is 2.32. The maximum Gasteiger partial charge on any atom is 0.325 e. The van der Waals surface area contributed by atoms with E-state index in [-0.39, 0.29) is 23.5 Å². The van der Waals surface area contributed by atoms with E-state index in [2.05, 4.69) is 10.3 Å². The van der Waals surface area contributed by atoms with Crippen molar-refractivity contribution in [2.75, 3.05) is 5.32 Å². The molecular weight excluding hydrogens is 314 g/mol. The van der Waals surface area contributed by atoms with Gasteiger partial charge in [0.05, 0.1) is 12.0 Å². The van der Waals surface area contributed by atoms with Gasteiger partial charge in [0.25, 0.3) is 11.5 Å². The fraction of sp³-hybridized carbons (Fsp3) is 0.250. The molecule has 2 aromatic rings. The number of nitrogens with one attached hydrogen (secondary N) is 3. The molecule has 0 saturated carbocycles. The molecule has 1 amide bonds. The van der Waals surface area contributed by atoms with E-state index in [0.717, 1.165) is 6.20 Å². The Balaban J connectivity index is 1.89. The smallest absolute Gasteiger partial charge is 0.325 e. The quantitative estimate of drug-likeness (QED) is 0.760. The van der Waals surface area contributed by atoms with Gasteiger partial charge in [-0.3, -0.25) is 19.4 Å². The van der Waals surface area contributed by atoms with Crippen LogP contribution in [0.5, 0.6) is 5.75 Å². The number of hydrogen-bond acceptors (Lipinski definition) is 5. The summed E-state index contributed by atoms with van der Waals surface area (Å²) in [5, 5.41) is 2.39. The lowest BCUT2D eigenvalue weighted by atomic mass is 9.92. The summed E-state index contributed by atoms with van der Waals surface area (Å²) in [4.78, 5) is 51.3. The largest absolute Gasteiger partial charge is 0.487 e. The van der Waals surface area contributed by atoms with Crippen LogP contribution in [0.15, 0.2) is 34.0 Å². The average Bonchev–Trinajstić information content (AvgIpc) is 2.48. The van der Waals surface area contributed by atoms with Gasteiger partial charge in [0, 0.05) is 11.8 Å². The van der Waals surface area contributed by atoms with Crippen molar-refractivity contribution < 1.29 is 14.3 Å². The minimum absolute atomic E-state index is 0.0963. The molecule has 0 fully saturated rings. The number of hydrogen-bond donors (Lipinski definition) is 3. The fourth-order valence-electron chi connectivity index (χ4n) is 2.49. The van der Waals surface area contributed by atoms with Gasteiger partial charge in [-0.1, -0.05) is 0 Å². The Kier molecular flexibility index (Phi) is 3.59. The maximum atomic E-state index is 12.3. The number of aromatic nitrogens is 2. The minimum Gasteiger partial charge on any atom is -0.487 e. The second-order valence-electron chi connectivity index (χ2n) is 6.11. The fourth-order valence-corrected chi connectivity index (χ4v) is 2.49. The molecule has 1 aromatic heterocycles. The first-order valence-corrected chi connectivity index (χ1v) is 7.25. The molecule has 0 saturated heterocycles. The predicted octanol–water partition coefficient (Wildman–Crippen LogP) is 1.06. The van der Waals surface area contributed by atoms with Crippen LogP contribution >= 0.6 is 0 Å². The first-order chi connectivity index (χ1) is 11.2. The van der Waals surface area contributed by atoms with Crippen LogP contribution in [0.4, 0.5) is 5.69 Å². The number of benzene rings is 1. The Morgan fingerprint density at radius 2 is 2.00 bits per heavy atom. The van der Waals surface area contributed by atoms with Crippen LogP contribution in [-0.4, -0.2) is 27.3 Å². The molecule has 0 spiro atoms. The van der Waals surface area contributed by atoms with Gasteiger partial charge in [0.1, 0.15) is 17.0 Å². The molecule has 0 unspecified atom stereocenters. The van der Waals surface area contributed by atoms with Crippen LogP contribution in [0.2, 0.25) is 0 Å². The van der Waals surface area contributed by atoms with E-state index in [1.807, 2.05) is 18.8 Å². The van der Waals surface area contributed by atoms with Crippen molar-refractivity contribution in [2.45, 2.75) is 25.9 Å². The van der Waals surface area contributed by atoms with Gasteiger partial charge in [0.2, 0.25) is 0 Å². The first-order valence-electron chi connectivity index (χ1n) is 7.25. The van der Waals surface area contributed by atoms with Gasteiger partial charge in [-0.2, -0.15) is 0 Å². The SMILES string of the molecule is CC1(C)CC(=O)c2cc(C(=O)Nc3c[nH]c(=O)[nH]c3=O)ccc2O1. The van der Waals surface area contributed by atoms with Crippen LogP contribution in [0.25, 0.3) is 0 Å². The molecule has 0 aliphatic carbocycles. The molecule has 24 heavy (non-hydrogen) atoms. The molecule has 3 N–H and O–H groups in total. The second kappa shape index (κ2) is 5.48. The van der Waals surface area contributed by atoms with Gasteiger partial charge < -0.3 is 15.0 Å². The van der Waals surface area contributed by atoms with E-state index >= 15 is 0 Å². The predicted molar refractivity (Wildman–Crippen MR) is 85.7 cm³/mol. The van der Waals surface area contributed by atoms with E-state index in [0.29, 0.717) is 11.3 Å². The molecule has 0 bridgehead atoms. The number of amides is 1. The van der Waals surface area contributed by atoms with Crippen molar-refractivity contribution in [1.82, 2.24) is 9.97 Å². The third-order valence-corrected chi connectivity index (χ3v) is 3.58. The van der Waals surface area contributed by atoms with Crippen LogP contribution < -0.4 is 21.3 Å². The van der Waals surface area contributed by atoms with E-state index in [9.17, 15) is 19.2 Å². The molecule has 1 aliphatic heterocycles.